The first-order chi connectivity index (χ1) is 52.4. The van der Waals surface area contributed by atoms with Crippen LogP contribution in [0, 0.1) is 0 Å². The fourth-order valence-electron chi connectivity index (χ4n) is 13.2. The minimum atomic E-state index is -0.655. The van der Waals surface area contributed by atoms with E-state index in [-0.39, 0.29) is 48.5 Å². The van der Waals surface area contributed by atoms with E-state index in [0.29, 0.717) is 117 Å². The highest BCUT2D eigenvalue weighted by Gasteiger charge is 2.23. The van der Waals surface area contributed by atoms with Gasteiger partial charge in [-0.2, -0.15) is 0 Å². The Morgan fingerprint density at radius 1 is 0.393 bits per heavy atom. The quantitative estimate of drug-likeness (QED) is 0.0146. The van der Waals surface area contributed by atoms with E-state index >= 15 is 0 Å². The number of nitrogens with zero attached hydrogens (tertiary/aromatic N) is 3. The van der Waals surface area contributed by atoms with Gasteiger partial charge in [0.25, 0.3) is 0 Å². The van der Waals surface area contributed by atoms with Crippen molar-refractivity contribution in [3.05, 3.63) is 48.6 Å². The highest BCUT2D eigenvalue weighted by molar-refractivity contribution is 8.76. The number of nitrogens with one attached hydrogen (secondary N) is 2. The Hall–Kier alpha value is -3.56. The monoisotopic (exact) mass is 1540 g/mol. The number of rotatable bonds is 80. The first kappa shape index (κ1) is 101. The Bertz CT molecular complexity index is 2090. The van der Waals surface area contributed by atoms with Gasteiger partial charge in [0, 0.05) is 69.8 Å². The molecule has 0 radical (unpaired) electrons. The third-order valence-electron chi connectivity index (χ3n) is 19.9. The zero-order valence-electron chi connectivity index (χ0n) is 68.9. The second-order valence-corrected chi connectivity index (χ2v) is 32.8. The van der Waals surface area contributed by atoms with E-state index in [1.807, 2.05) is 35.1 Å². The van der Waals surface area contributed by atoms with E-state index in [1.54, 1.807) is 10.8 Å². The van der Waals surface area contributed by atoms with Crippen LogP contribution in [0.2, 0.25) is 0 Å². The molecule has 17 nitrogen and oxygen atoms in total. The molecule has 3 unspecified atom stereocenters. The van der Waals surface area contributed by atoms with Gasteiger partial charge in [0.15, 0.2) is 5.78 Å². The van der Waals surface area contributed by atoms with Gasteiger partial charge >= 0.3 is 23.9 Å². The topological polar surface area (TPSA) is 214 Å². The molecule has 1 aliphatic rings. The van der Waals surface area contributed by atoms with Crippen molar-refractivity contribution in [1.82, 2.24) is 25.3 Å². The lowest BCUT2D eigenvalue weighted by atomic mass is 10.1. The summed E-state index contributed by atoms with van der Waals surface area (Å²) in [5.41, 5.74) is 0. The molecule has 0 aromatic rings. The molecule has 1 aliphatic heterocycles. The van der Waals surface area contributed by atoms with Crippen LogP contribution >= 0.6 is 21.6 Å². The van der Waals surface area contributed by atoms with Gasteiger partial charge in [0.05, 0.1) is 24.8 Å². The second-order valence-electron chi connectivity index (χ2n) is 30.1. The molecule has 0 spiro atoms. The SMILES string of the molecule is CCCCCC/C=C\COC(=O)CCCCCCCN(CCCCCCCC(=O)OC/C=C\CCCCCC)CCCCSSCCC(NC(=O)CCCN(CC(O)CCCCCC(=O)OC/C=C\CCCCCC)CC(O)CCCCCC(=O)OC/C=C\CCCCCC)C(=O)CNCCN1CCCCC1. The number of hydrogen-bond acceptors (Lipinski definition) is 18. The molecule has 107 heavy (non-hydrogen) atoms. The molecule has 622 valence electrons. The van der Waals surface area contributed by atoms with Crippen molar-refractivity contribution in [2.75, 3.05) is 110 Å². The molecule has 0 aliphatic carbocycles. The number of unbranched alkanes of at least 4 members (excludes halogenated alkanes) is 29. The van der Waals surface area contributed by atoms with Crippen molar-refractivity contribution in [1.29, 1.82) is 0 Å². The molecule has 1 fully saturated rings. The third-order valence-corrected chi connectivity index (χ3v) is 22.4. The number of ketones is 1. The summed E-state index contributed by atoms with van der Waals surface area (Å²) in [7, 11) is 3.61. The van der Waals surface area contributed by atoms with Gasteiger partial charge in [-0.25, -0.2) is 0 Å². The Morgan fingerprint density at radius 3 is 1.18 bits per heavy atom. The molecule has 3 atom stereocenters. The van der Waals surface area contributed by atoms with E-state index in [9.17, 15) is 39.0 Å². The Kier molecular flexibility index (Phi) is 75.0. The van der Waals surface area contributed by atoms with Crippen molar-refractivity contribution >= 4 is 57.2 Å². The van der Waals surface area contributed by atoms with Crippen LogP contribution in [0.4, 0.5) is 0 Å². The van der Waals surface area contributed by atoms with Crippen molar-refractivity contribution in [2.24, 2.45) is 0 Å². The molecule has 1 amide bonds. The van der Waals surface area contributed by atoms with E-state index < -0.39 is 18.2 Å². The number of aliphatic hydroxyl groups is 2. The molecule has 0 aromatic carbocycles. The molecular weight excluding hydrogens is 1380 g/mol. The van der Waals surface area contributed by atoms with Crippen LogP contribution in [0.1, 0.15) is 349 Å². The van der Waals surface area contributed by atoms with Gasteiger partial charge in [-0.05, 0) is 181 Å². The number of likely N-dealkylation sites (tertiary alicyclic amines) is 1. The number of Topliss-reactive ketones (excluding diaryl/α,β-unsaturated/α-hetero) is 1. The van der Waals surface area contributed by atoms with Gasteiger partial charge in [0.2, 0.25) is 5.91 Å². The molecule has 1 saturated heterocycles. The number of carbonyl (C=O) groups is 6. The van der Waals surface area contributed by atoms with Gasteiger partial charge in [-0.3, -0.25) is 33.7 Å². The van der Waals surface area contributed by atoms with E-state index in [2.05, 4.69) is 77.3 Å². The van der Waals surface area contributed by atoms with Gasteiger partial charge in [0.1, 0.15) is 26.4 Å². The largest absolute Gasteiger partial charge is 0.461 e. The van der Waals surface area contributed by atoms with Crippen LogP contribution in [-0.4, -0.2) is 189 Å². The number of amides is 1. The summed E-state index contributed by atoms with van der Waals surface area (Å²) in [5.74, 6) is 0.916. The maximum atomic E-state index is 14.0. The number of piperidine rings is 1. The highest BCUT2D eigenvalue weighted by atomic mass is 33.1. The van der Waals surface area contributed by atoms with E-state index in [1.165, 1.54) is 109 Å². The van der Waals surface area contributed by atoms with Crippen molar-refractivity contribution < 1.29 is 57.9 Å². The second kappa shape index (κ2) is 79.1. The van der Waals surface area contributed by atoms with Gasteiger partial charge in [-0.1, -0.05) is 246 Å². The minimum absolute atomic E-state index is 0.00976. The summed E-state index contributed by atoms with van der Waals surface area (Å²) in [6, 6.07) is -0.614. The zero-order valence-corrected chi connectivity index (χ0v) is 70.5. The molecule has 19 heteroatoms. The van der Waals surface area contributed by atoms with Crippen molar-refractivity contribution in [2.45, 2.75) is 367 Å². The molecule has 4 N–H and O–H groups in total. The first-order valence-electron chi connectivity index (χ1n) is 43.9. The summed E-state index contributed by atoms with van der Waals surface area (Å²) >= 11 is 0. The smallest absolute Gasteiger partial charge is 0.306 e. The van der Waals surface area contributed by atoms with Crippen LogP contribution in [0.5, 0.6) is 0 Å². The predicted octanol–water partition coefficient (Wildman–Crippen LogP) is 19.6. The number of esters is 4. The van der Waals surface area contributed by atoms with E-state index in [0.717, 1.165) is 192 Å². The Morgan fingerprint density at radius 2 is 0.757 bits per heavy atom. The number of hydrogen-bond donors (Lipinski definition) is 4. The molecule has 0 bridgehead atoms. The predicted molar refractivity (Wildman–Crippen MR) is 450 cm³/mol. The average Bonchev–Trinajstić information content (AvgIpc) is 0.930. The maximum Gasteiger partial charge on any atom is 0.306 e. The van der Waals surface area contributed by atoms with Crippen LogP contribution < -0.4 is 10.6 Å². The Labute approximate surface area is 662 Å². The highest BCUT2D eigenvalue weighted by Crippen LogP contribution is 2.25. The first-order valence-corrected chi connectivity index (χ1v) is 46.4. The maximum absolute atomic E-state index is 14.0. The lowest BCUT2D eigenvalue weighted by Crippen LogP contribution is -2.46. The standard InChI is InChI=1S/C88H161N5O12S2/c1-5-9-13-17-21-31-49-71-102-85(98)58-40-27-25-29-44-64-91(65-45-30-26-28-41-59-86(99)103-72-50-32-22-18-14-10-6-2)68-48-53-75-106-107-76-62-82(83(96)77-89-63-70-92-66-46-37-47-67-92)90-84(97)57-54-69-93(78-80(94)55-38-35-42-60-87(100)104-73-51-33-23-19-15-11-7-3)79-81(95)56-39-36-43-61-88(101)105-74-52-34-24-20-16-12-8-4/h31-34,49-52,80-82,89,94-95H,5-30,35-48,53-79H2,1-4H3,(H,90,97)/b49-31-,50-32-,51-33-,52-34-. The molecule has 1 heterocycles. The Balaban J connectivity index is 2.87. The van der Waals surface area contributed by atoms with Gasteiger partial charge < -0.3 is 49.6 Å². The molecule has 0 aromatic heterocycles. The van der Waals surface area contributed by atoms with Crippen LogP contribution in [0.15, 0.2) is 48.6 Å². The summed E-state index contributed by atoms with van der Waals surface area (Å²) < 4.78 is 21.7. The number of carbonyl (C=O) groups excluding carboxylic acids is 6. The molecule has 1 rings (SSSR count). The van der Waals surface area contributed by atoms with Crippen LogP contribution in [-0.2, 0) is 47.7 Å². The van der Waals surface area contributed by atoms with Gasteiger partial charge in [-0.15, -0.1) is 0 Å². The third kappa shape index (κ3) is 71.2. The summed E-state index contributed by atoms with van der Waals surface area (Å²) in [4.78, 5) is 84.5. The van der Waals surface area contributed by atoms with Crippen molar-refractivity contribution in [3.63, 3.8) is 0 Å². The lowest BCUT2D eigenvalue weighted by Gasteiger charge is -2.27. The summed E-state index contributed by atoms with van der Waals surface area (Å²) in [6.45, 7) is 18.5. The molecule has 0 saturated carbocycles. The number of aliphatic hydroxyl groups excluding tert-OH is 2. The van der Waals surface area contributed by atoms with Crippen LogP contribution in [0.25, 0.3) is 0 Å². The summed E-state index contributed by atoms with van der Waals surface area (Å²) in [5, 5.41) is 29.2. The lowest BCUT2D eigenvalue weighted by molar-refractivity contribution is -0.143. The normalized spacial score (nSPS) is 13.8. The van der Waals surface area contributed by atoms with Crippen molar-refractivity contribution in [3.8, 4) is 0 Å². The number of ether oxygens (including phenoxy) is 4. The number of allylic oxidation sites excluding steroid dienone is 4. The van der Waals surface area contributed by atoms with Crippen LogP contribution in [0.3, 0.4) is 0 Å². The fourth-order valence-corrected chi connectivity index (χ4v) is 15.5. The molecular formula is C88H161N5O12S2. The minimum Gasteiger partial charge on any atom is -0.461 e. The average molecular weight is 1550 g/mol. The van der Waals surface area contributed by atoms with E-state index in [4.69, 9.17) is 18.9 Å². The fraction of sp³-hybridized carbons (Fsp3) is 0.841. The zero-order chi connectivity index (χ0) is 77.6. The summed E-state index contributed by atoms with van der Waals surface area (Å²) in [6.07, 6.45) is 63.4.